The number of sulfonamides is 1. The topological polar surface area (TPSA) is 84.5 Å². The van der Waals surface area contributed by atoms with Crippen molar-refractivity contribution in [2.24, 2.45) is 0 Å². The molecule has 0 fully saturated rings. The average Bonchev–Trinajstić information content (AvgIpc) is 2.71. The van der Waals surface area contributed by atoms with Crippen molar-refractivity contribution in [3.05, 3.63) is 82.4 Å². The van der Waals surface area contributed by atoms with Crippen molar-refractivity contribution in [1.82, 2.24) is 0 Å². The zero-order valence-corrected chi connectivity index (χ0v) is 18.3. The van der Waals surface area contributed by atoms with Gasteiger partial charge in [0.15, 0.2) is 0 Å². The number of ether oxygens (including phenoxy) is 1. The molecule has 3 rings (SSSR count). The van der Waals surface area contributed by atoms with E-state index in [9.17, 15) is 13.2 Å². The second-order valence-electron chi connectivity index (χ2n) is 6.75. The van der Waals surface area contributed by atoms with Gasteiger partial charge < -0.3 is 10.1 Å². The van der Waals surface area contributed by atoms with Crippen LogP contribution in [0.25, 0.3) is 0 Å². The molecule has 0 atom stereocenters. The number of benzene rings is 3. The van der Waals surface area contributed by atoms with E-state index in [1.54, 1.807) is 18.2 Å². The molecule has 3 aromatic rings. The molecule has 8 heteroatoms. The van der Waals surface area contributed by atoms with Gasteiger partial charge in [-0.3, -0.25) is 9.52 Å². The van der Waals surface area contributed by atoms with Gasteiger partial charge in [-0.25, -0.2) is 8.42 Å². The number of methoxy groups -OCH3 is 1. The number of rotatable bonds is 6. The zero-order valence-electron chi connectivity index (χ0n) is 16.7. The molecule has 0 aliphatic heterocycles. The Morgan fingerprint density at radius 3 is 2.47 bits per heavy atom. The molecule has 30 heavy (non-hydrogen) atoms. The molecule has 0 saturated carbocycles. The van der Waals surface area contributed by atoms with Crippen LogP contribution in [0.3, 0.4) is 0 Å². The molecule has 0 saturated heterocycles. The zero-order chi connectivity index (χ0) is 21.9. The van der Waals surface area contributed by atoms with Crippen molar-refractivity contribution in [3.8, 4) is 5.75 Å². The highest BCUT2D eigenvalue weighted by molar-refractivity contribution is 7.92. The number of hydrogen-bond donors (Lipinski definition) is 2. The molecular formula is C22H21ClN2O4S. The largest absolute Gasteiger partial charge is 0.495 e. The van der Waals surface area contributed by atoms with Crippen LogP contribution < -0.4 is 14.8 Å². The van der Waals surface area contributed by atoms with E-state index in [4.69, 9.17) is 16.3 Å². The third-order valence-electron chi connectivity index (χ3n) is 4.45. The summed E-state index contributed by atoms with van der Waals surface area (Å²) in [6.07, 6.45) is 0. The molecule has 0 heterocycles. The number of carbonyl (C=O) groups excluding carboxylic acids is 1. The van der Waals surface area contributed by atoms with E-state index >= 15 is 0 Å². The first-order valence-corrected chi connectivity index (χ1v) is 10.9. The fourth-order valence-electron chi connectivity index (χ4n) is 2.83. The maximum absolute atomic E-state index is 12.9. The molecule has 156 valence electrons. The lowest BCUT2D eigenvalue weighted by atomic mass is 10.1. The van der Waals surface area contributed by atoms with Crippen LogP contribution in [-0.2, 0) is 10.0 Å². The standard InChI is InChI=1S/C22H21ClN2O4S/c1-14-7-8-15(2)19(11-14)24-22(26)16-5-4-6-18(12-16)30(27,28)25-20-13-17(23)9-10-21(20)29-3/h4-13,25H,1-3H3,(H,24,26). The van der Waals surface area contributed by atoms with E-state index in [1.165, 1.54) is 31.4 Å². The van der Waals surface area contributed by atoms with Crippen LogP contribution in [0.2, 0.25) is 5.02 Å². The maximum Gasteiger partial charge on any atom is 0.262 e. The fraction of sp³-hybridized carbons (Fsp3) is 0.136. The Kier molecular flexibility index (Phi) is 6.34. The van der Waals surface area contributed by atoms with Crippen molar-refractivity contribution in [2.75, 3.05) is 17.1 Å². The molecule has 0 spiro atoms. The van der Waals surface area contributed by atoms with Gasteiger partial charge in [-0.05, 0) is 67.4 Å². The minimum atomic E-state index is -3.98. The second-order valence-corrected chi connectivity index (χ2v) is 8.87. The highest BCUT2D eigenvalue weighted by Gasteiger charge is 2.19. The molecular weight excluding hydrogens is 424 g/mol. The van der Waals surface area contributed by atoms with Gasteiger partial charge in [0.2, 0.25) is 0 Å². The summed E-state index contributed by atoms with van der Waals surface area (Å²) >= 11 is 5.97. The Balaban J connectivity index is 1.88. The lowest BCUT2D eigenvalue weighted by Crippen LogP contribution is -2.16. The lowest BCUT2D eigenvalue weighted by Gasteiger charge is -2.13. The third-order valence-corrected chi connectivity index (χ3v) is 6.05. The van der Waals surface area contributed by atoms with Crippen LogP contribution in [-0.4, -0.2) is 21.4 Å². The van der Waals surface area contributed by atoms with Crippen LogP contribution in [0.4, 0.5) is 11.4 Å². The first-order chi connectivity index (χ1) is 14.2. The summed E-state index contributed by atoms with van der Waals surface area (Å²) in [5.41, 5.74) is 3.02. The van der Waals surface area contributed by atoms with Crippen LogP contribution in [0.5, 0.6) is 5.75 Å². The normalized spacial score (nSPS) is 11.1. The lowest BCUT2D eigenvalue weighted by molar-refractivity contribution is 0.102. The van der Waals surface area contributed by atoms with Gasteiger partial charge in [0.05, 0.1) is 17.7 Å². The van der Waals surface area contributed by atoms with E-state index in [2.05, 4.69) is 10.0 Å². The Labute approximate surface area is 180 Å². The third kappa shape index (κ3) is 4.93. The van der Waals surface area contributed by atoms with E-state index in [-0.39, 0.29) is 16.1 Å². The smallest absolute Gasteiger partial charge is 0.262 e. The Morgan fingerprint density at radius 2 is 1.73 bits per heavy atom. The molecule has 6 nitrogen and oxygen atoms in total. The summed E-state index contributed by atoms with van der Waals surface area (Å²) in [5, 5.41) is 3.19. The molecule has 0 aromatic heterocycles. The van der Waals surface area contributed by atoms with Gasteiger partial charge in [0.1, 0.15) is 5.75 Å². The second kappa shape index (κ2) is 8.77. The quantitative estimate of drug-likeness (QED) is 0.559. The fourth-order valence-corrected chi connectivity index (χ4v) is 4.11. The van der Waals surface area contributed by atoms with Gasteiger partial charge in [0, 0.05) is 16.3 Å². The number of hydrogen-bond acceptors (Lipinski definition) is 4. The first-order valence-electron chi connectivity index (χ1n) is 9.04. The number of nitrogens with one attached hydrogen (secondary N) is 2. The molecule has 0 aliphatic carbocycles. The number of aryl methyl sites for hydroxylation is 2. The molecule has 2 N–H and O–H groups in total. The summed E-state index contributed by atoms with van der Waals surface area (Å²) in [5.74, 6) is -0.0760. The van der Waals surface area contributed by atoms with Gasteiger partial charge in [-0.2, -0.15) is 0 Å². The minimum Gasteiger partial charge on any atom is -0.495 e. The number of amides is 1. The van der Waals surface area contributed by atoms with E-state index < -0.39 is 15.9 Å². The summed E-state index contributed by atoms with van der Waals surface area (Å²) in [4.78, 5) is 12.6. The molecule has 0 aliphatic rings. The van der Waals surface area contributed by atoms with E-state index in [0.717, 1.165) is 11.1 Å². The first kappa shape index (κ1) is 21.7. The Bertz CT molecular complexity index is 1210. The highest BCUT2D eigenvalue weighted by Crippen LogP contribution is 2.30. The van der Waals surface area contributed by atoms with Gasteiger partial charge in [-0.1, -0.05) is 29.8 Å². The monoisotopic (exact) mass is 444 g/mol. The Morgan fingerprint density at radius 1 is 0.967 bits per heavy atom. The average molecular weight is 445 g/mol. The van der Waals surface area contributed by atoms with Crippen molar-refractivity contribution in [2.45, 2.75) is 18.7 Å². The number of anilines is 2. The van der Waals surface area contributed by atoms with Gasteiger partial charge in [-0.15, -0.1) is 0 Å². The molecule has 0 bridgehead atoms. The molecule has 0 unspecified atom stereocenters. The van der Waals surface area contributed by atoms with Crippen LogP contribution in [0.15, 0.2) is 65.6 Å². The SMILES string of the molecule is COc1ccc(Cl)cc1NS(=O)(=O)c1cccc(C(=O)Nc2cc(C)ccc2C)c1. The summed E-state index contributed by atoms with van der Waals surface area (Å²) in [6.45, 7) is 3.82. The number of carbonyl (C=O) groups is 1. The minimum absolute atomic E-state index is 0.0573. The van der Waals surface area contributed by atoms with Crippen LogP contribution in [0, 0.1) is 13.8 Å². The van der Waals surface area contributed by atoms with Crippen LogP contribution in [0.1, 0.15) is 21.5 Å². The summed E-state index contributed by atoms with van der Waals surface area (Å²) in [6, 6.07) is 16.1. The van der Waals surface area contributed by atoms with Crippen molar-refractivity contribution in [3.63, 3.8) is 0 Å². The van der Waals surface area contributed by atoms with Crippen molar-refractivity contribution in [1.29, 1.82) is 0 Å². The summed E-state index contributed by atoms with van der Waals surface area (Å²) in [7, 11) is -2.55. The van der Waals surface area contributed by atoms with Gasteiger partial charge >= 0.3 is 0 Å². The molecule has 0 radical (unpaired) electrons. The van der Waals surface area contributed by atoms with Crippen molar-refractivity contribution < 1.29 is 17.9 Å². The molecule has 1 amide bonds. The predicted molar refractivity (Wildman–Crippen MR) is 119 cm³/mol. The maximum atomic E-state index is 12.9. The van der Waals surface area contributed by atoms with Crippen molar-refractivity contribution >= 4 is 38.9 Å². The number of halogens is 1. The van der Waals surface area contributed by atoms with Crippen LogP contribution >= 0.6 is 11.6 Å². The highest BCUT2D eigenvalue weighted by atomic mass is 35.5. The predicted octanol–water partition coefficient (Wildman–Crippen LogP) is 5.02. The molecule has 3 aromatic carbocycles. The van der Waals surface area contributed by atoms with E-state index in [1.807, 2.05) is 32.0 Å². The van der Waals surface area contributed by atoms with E-state index in [0.29, 0.717) is 16.5 Å². The summed E-state index contributed by atoms with van der Waals surface area (Å²) < 4.78 is 33.4. The van der Waals surface area contributed by atoms with Gasteiger partial charge in [0.25, 0.3) is 15.9 Å². The Hall–Kier alpha value is -3.03.